The number of halogens is 2. The molecule has 1 aliphatic heterocycles. The molecule has 0 unspecified atom stereocenters. The molecule has 0 spiro atoms. The maximum absolute atomic E-state index is 12.8. The molecular formula is C21H23F2N9O3. The number of nitrogens with one attached hydrogen (secondary N) is 2. The number of carbonyl (C=O) groups is 2. The van der Waals surface area contributed by atoms with Crippen molar-refractivity contribution in [3.63, 3.8) is 0 Å². The van der Waals surface area contributed by atoms with Gasteiger partial charge < -0.3 is 20.3 Å². The van der Waals surface area contributed by atoms with Crippen LogP contribution in [-0.2, 0) is 7.05 Å². The molecular weight excluding hydrogens is 464 g/mol. The highest BCUT2D eigenvalue weighted by atomic mass is 19.3. The summed E-state index contributed by atoms with van der Waals surface area (Å²) < 4.78 is 32.7. The van der Waals surface area contributed by atoms with Gasteiger partial charge in [-0.05, 0) is 12.1 Å². The minimum absolute atomic E-state index is 0.0317. The molecule has 1 fully saturated rings. The zero-order chi connectivity index (χ0) is 25.1. The molecule has 3 amide bonds. The summed E-state index contributed by atoms with van der Waals surface area (Å²) in [6, 6.07) is 6.13. The number of hydrogen-bond donors (Lipinski definition) is 2. The van der Waals surface area contributed by atoms with Crippen LogP contribution in [0.15, 0.2) is 30.6 Å². The normalized spacial score (nSPS) is 13.5. The van der Waals surface area contributed by atoms with Crippen LogP contribution in [0, 0.1) is 0 Å². The fourth-order valence-electron chi connectivity index (χ4n) is 3.67. The first-order valence-corrected chi connectivity index (χ1v) is 10.6. The number of benzene rings is 1. The van der Waals surface area contributed by atoms with Crippen molar-refractivity contribution in [3.8, 4) is 17.1 Å². The van der Waals surface area contributed by atoms with Gasteiger partial charge in [0.1, 0.15) is 6.33 Å². The van der Waals surface area contributed by atoms with Crippen LogP contribution in [0.25, 0.3) is 11.4 Å². The second kappa shape index (κ2) is 9.87. The fourth-order valence-corrected chi connectivity index (χ4v) is 3.67. The predicted molar refractivity (Wildman–Crippen MR) is 122 cm³/mol. The second-order valence-corrected chi connectivity index (χ2v) is 7.57. The molecule has 2 aromatic heterocycles. The van der Waals surface area contributed by atoms with Gasteiger partial charge in [0.15, 0.2) is 23.1 Å². The average molecular weight is 487 g/mol. The summed E-state index contributed by atoms with van der Waals surface area (Å²) in [7, 11) is 4.68. The van der Waals surface area contributed by atoms with Crippen molar-refractivity contribution in [2.75, 3.05) is 44.0 Å². The predicted octanol–water partition coefficient (Wildman–Crippen LogP) is 1.89. The molecule has 0 bridgehead atoms. The van der Waals surface area contributed by atoms with Crippen molar-refractivity contribution in [1.82, 2.24) is 35.2 Å². The number of anilines is 3. The Morgan fingerprint density at radius 3 is 2.69 bits per heavy atom. The molecule has 0 aliphatic carbocycles. The van der Waals surface area contributed by atoms with Crippen molar-refractivity contribution >= 4 is 29.1 Å². The average Bonchev–Trinajstić information content (AvgIpc) is 3.43. The largest absolute Gasteiger partial charge is 0.494 e. The number of amides is 3. The Balaban J connectivity index is 1.71. The van der Waals surface area contributed by atoms with Gasteiger partial charge in [0.25, 0.3) is 12.3 Å². The number of para-hydroxylation sites is 1. The number of alkyl halides is 2. The van der Waals surface area contributed by atoms with Gasteiger partial charge in [0, 0.05) is 33.3 Å². The lowest BCUT2D eigenvalue weighted by atomic mass is 10.1. The van der Waals surface area contributed by atoms with E-state index in [9.17, 15) is 18.4 Å². The Labute approximate surface area is 198 Å². The molecule has 1 aliphatic rings. The van der Waals surface area contributed by atoms with Crippen molar-refractivity contribution in [1.29, 1.82) is 0 Å². The van der Waals surface area contributed by atoms with E-state index < -0.39 is 24.9 Å². The van der Waals surface area contributed by atoms with E-state index in [1.807, 2.05) is 0 Å². The van der Waals surface area contributed by atoms with E-state index in [0.717, 1.165) is 4.90 Å². The Morgan fingerprint density at radius 2 is 2.03 bits per heavy atom. The van der Waals surface area contributed by atoms with E-state index in [0.29, 0.717) is 22.8 Å². The first-order chi connectivity index (χ1) is 16.8. The summed E-state index contributed by atoms with van der Waals surface area (Å²) in [5.41, 5.74) is 1.29. The summed E-state index contributed by atoms with van der Waals surface area (Å²) in [5.74, 6) is 0.457. The third-order valence-corrected chi connectivity index (χ3v) is 5.28. The fraction of sp³-hybridized carbons (Fsp3) is 0.333. The number of aromatic nitrogens is 5. The molecule has 1 saturated heterocycles. The smallest absolute Gasteiger partial charge is 0.326 e. The van der Waals surface area contributed by atoms with E-state index in [-0.39, 0.29) is 30.3 Å². The van der Waals surface area contributed by atoms with Crippen LogP contribution in [0.4, 0.5) is 30.8 Å². The number of methoxy groups -OCH3 is 1. The van der Waals surface area contributed by atoms with Gasteiger partial charge in [-0.2, -0.15) is 5.10 Å². The SMILES string of the molecule is CNC(=O)c1nnc(N2CCN(CC(F)F)C2=O)cc1Nc1cccc(-c2ncn(C)n2)c1OC. The number of nitrogens with zero attached hydrogens (tertiary/aromatic N) is 7. The lowest BCUT2D eigenvalue weighted by Crippen LogP contribution is -2.35. The topological polar surface area (TPSA) is 130 Å². The molecule has 0 saturated carbocycles. The summed E-state index contributed by atoms with van der Waals surface area (Å²) in [6.45, 7) is -0.392. The van der Waals surface area contributed by atoms with E-state index in [1.165, 1.54) is 25.1 Å². The molecule has 3 aromatic rings. The van der Waals surface area contributed by atoms with E-state index in [4.69, 9.17) is 4.74 Å². The monoisotopic (exact) mass is 487 g/mol. The van der Waals surface area contributed by atoms with Crippen molar-refractivity contribution < 1.29 is 23.1 Å². The molecule has 14 heteroatoms. The maximum Gasteiger partial charge on any atom is 0.326 e. The van der Waals surface area contributed by atoms with Gasteiger partial charge in [0.05, 0.1) is 30.6 Å². The van der Waals surface area contributed by atoms with Gasteiger partial charge >= 0.3 is 6.03 Å². The van der Waals surface area contributed by atoms with Crippen LogP contribution in [0.3, 0.4) is 0 Å². The van der Waals surface area contributed by atoms with Gasteiger partial charge in [-0.15, -0.1) is 10.2 Å². The molecule has 1 aromatic carbocycles. The number of carbonyl (C=O) groups excluding carboxylic acids is 2. The van der Waals surface area contributed by atoms with Crippen molar-refractivity contribution in [3.05, 3.63) is 36.3 Å². The third kappa shape index (κ3) is 4.81. The molecule has 184 valence electrons. The number of rotatable bonds is 8. The zero-order valence-electron chi connectivity index (χ0n) is 19.2. The third-order valence-electron chi connectivity index (χ3n) is 5.28. The first kappa shape index (κ1) is 23.8. The molecule has 35 heavy (non-hydrogen) atoms. The Kier molecular flexibility index (Phi) is 6.71. The Bertz CT molecular complexity index is 1250. The number of ether oxygens (including phenoxy) is 1. The second-order valence-electron chi connectivity index (χ2n) is 7.57. The van der Waals surface area contributed by atoms with E-state index in [2.05, 4.69) is 30.9 Å². The lowest BCUT2D eigenvalue weighted by Gasteiger charge is -2.19. The van der Waals surface area contributed by atoms with Crippen LogP contribution < -0.4 is 20.3 Å². The minimum atomic E-state index is -2.65. The summed E-state index contributed by atoms with van der Waals surface area (Å²) in [5, 5.41) is 17.9. The van der Waals surface area contributed by atoms with Gasteiger partial charge in [-0.1, -0.05) is 6.07 Å². The highest BCUT2D eigenvalue weighted by Gasteiger charge is 2.33. The van der Waals surface area contributed by atoms with Crippen molar-refractivity contribution in [2.24, 2.45) is 7.05 Å². The van der Waals surface area contributed by atoms with Crippen LogP contribution in [0.1, 0.15) is 10.5 Å². The van der Waals surface area contributed by atoms with Gasteiger partial charge in [-0.3, -0.25) is 14.4 Å². The first-order valence-electron chi connectivity index (χ1n) is 10.6. The number of aryl methyl sites for hydroxylation is 1. The van der Waals surface area contributed by atoms with Crippen LogP contribution in [0.2, 0.25) is 0 Å². The standard InChI is InChI=1S/C21H23F2N9O3/c1-24-20(33)17-14(9-16(27-28-17)32-8-7-31(21(32)34)10-15(22)23)26-13-6-4-5-12(18(13)35-3)19-25-11-30(2)29-19/h4-6,9,11,15H,7-8,10H2,1-3H3,(H,24,33)(H,26,27). The lowest BCUT2D eigenvalue weighted by molar-refractivity contribution is 0.0958. The van der Waals surface area contributed by atoms with Crippen LogP contribution >= 0.6 is 0 Å². The van der Waals surface area contributed by atoms with Crippen LogP contribution in [-0.4, -0.2) is 82.0 Å². The maximum atomic E-state index is 12.8. The molecule has 0 atom stereocenters. The summed E-state index contributed by atoms with van der Waals surface area (Å²) >= 11 is 0. The highest BCUT2D eigenvalue weighted by Crippen LogP contribution is 2.37. The van der Waals surface area contributed by atoms with Gasteiger partial charge in [-0.25, -0.2) is 18.6 Å². The minimum Gasteiger partial charge on any atom is -0.494 e. The van der Waals surface area contributed by atoms with Crippen LogP contribution in [0.5, 0.6) is 5.75 Å². The number of hydrogen-bond acceptors (Lipinski definition) is 8. The summed E-state index contributed by atoms with van der Waals surface area (Å²) in [6.07, 6.45) is -1.09. The molecule has 0 radical (unpaired) electrons. The molecule has 2 N–H and O–H groups in total. The number of urea groups is 1. The molecule has 12 nitrogen and oxygen atoms in total. The van der Waals surface area contributed by atoms with E-state index >= 15 is 0 Å². The summed E-state index contributed by atoms with van der Waals surface area (Å²) in [4.78, 5) is 31.6. The highest BCUT2D eigenvalue weighted by molar-refractivity contribution is 6.00. The van der Waals surface area contributed by atoms with Gasteiger partial charge in [0.2, 0.25) is 0 Å². The Hall–Kier alpha value is -4.36. The van der Waals surface area contributed by atoms with Crippen molar-refractivity contribution in [2.45, 2.75) is 6.43 Å². The molecule has 4 rings (SSSR count). The Morgan fingerprint density at radius 1 is 1.23 bits per heavy atom. The quantitative estimate of drug-likeness (QED) is 0.493. The molecule has 3 heterocycles. The zero-order valence-corrected chi connectivity index (χ0v) is 19.2. The van der Waals surface area contributed by atoms with E-state index in [1.54, 1.807) is 36.3 Å².